The second-order valence-electron chi connectivity index (χ2n) is 4.83. The fourth-order valence-electron chi connectivity index (χ4n) is 2.00. The number of hydrogen-bond acceptors (Lipinski definition) is 3. The molecule has 5 N–H and O–H groups in total. The van der Waals surface area contributed by atoms with E-state index >= 15 is 0 Å². The SMILES string of the molecule is CC1C(N)C1CPC1CC1(C)NN. The zero-order valence-electron chi connectivity index (χ0n) is 8.38. The molecule has 0 heterocycles. The Balaban J connectivity index is 1.66. The van der Waals surface area contributed by atoms with Crippen molar-refractivity contribution in [3.05, 3.63) is 0 Å². The lowest BCUT2D eigenvalue weighted by Gasteiger charge is -2.08. The zero-order chi connectivity index (χ0) is 9.64. The van der Waals surface area contributed by atoms with Crippen molar-refractivity contribution >= 4 is 8.58 Å². The molecule has 6 unspecified atom stereocenters. The summed E-state index contributed by atoms with van der Waals surface area (Å²) in [7, 11) is 1.05. The van der Waals surface area contributed by atoms with Gasteiger partial charge in [-0.05, 0) is 37.0 Å². The molecule has 2 fully saturated rings. The summed E-state index contributed by atoms with van der Waals surface area (Å²) < 4.78 is 0. The molecule has 0 aliphatic heterocycles. The van der Waals surface area contributed by atoms with Crippen LogP contribution >= 0.6 is 8.58 Å². The molecule has 2 rings (SSSR count). The van der Waals surface area contributed by atoms with Crippen LogP contribution in [-0.4, -0.2) is 23.4 Å². The minimum atomic E-state index is 0.251. The van der Waals surface area contributed by atoms with Crippen molar-refractivity contribution in [2.24, 2.45) is 23.4 Å². The number of hydrogen-bond donors (Lipinski definition) is 3. The van der Waals surface area contributed by atoms with Gasteiger partial charge < -0.3 is 5.73 Å². The third-order valence-corrected chi connectivity index (χ3v) is 5.84. The Morgan fingerprint density at radius 2 is 2.23 bits per heavy atom. The van der Waals surface area contributed by atoms with Gasteiger partial charge in [-0.3, -0.25) is 11.3 Å². The molecule has 0 aromatic heterocycles. The lowest BCUT2D eigenvalue weighted by Crippen LogP contribution is -2.36. The average molecular weight is 201 g/mol. The average Bonchev–Trinajstić information content (AvgIpc) is 2.92. The van der Waals surface area contributed by atoms with Gasteiger partial charge in [-0.15, -0.1) is 8.58 Å². The monoisotopic (exact) mass is 201 g/mol. The fraction of sp³-hybridized carbons (Fsp3) is 1.00. The Kier molecular flexibility index (Phi) is 2.40. The molecule has 0 aromatic rings. The number of hydrazine groups is 1. The van der Waals surface area contributed by atoms with Crippen LogP contribution in [0.25, 0.3) is 0 Å². The van der Waals surface area contributed by atoms with Crippen molar-refractivity contribution in [2.45, 2.75) is 37.5 Å². The molecule has 6 atom stereocenters. The van der Waals surface area contributed by atoms with E-state index in [1.54, 1.807) is 0 Å². The van der Waals surface area contributed by atoms with E-state index < -0.39 is 0 Å². The van der Waals surface area contributed by atoms with Crippen LogP contribution < -0.4 is 17.0 Å². The number of rotatable bonds is 4. The first-order chi connectivity index (χ1) is 6.08. The Labute approximate surface area is 81.8 Å². The first-order valence-corrected chi connectivity index (χ1v) is 6.33. The second kappa shape index (κ2) is 3.16. The summed E-state index contributed by atoms with van der Waals surface area (Å²) in [6.07, 6.45) is 2.57. The lowest BCUT2D eigenvalue weighted by atomic mass is 10.4. The van der Waals surface area contributed by atoms with Gasteiger partial charge in [0.2, 0.25) is 0 Å². The maximum Gasteiger partial charge on any atom is 0.0365 e. The van der Waals surface area contributed by atoms with Crippen LogP contribution in [0.4, 0.5) is 0 Å². The predicted molar refractivity (Wildman–Crippen MR) is 57.9 cm³/mol. The minimum absolute atomic E-state index is 0.251. The molecule has 13 heavy (non-hydrogen) atoms. The highest BCUT2D eigenvalue weighted by Gasteiger charge is 2.51. The van der Waals surface area contributed by atoms with Gasteiger partial charge >= 0.3 is 0 Å². The van der Waals surface area contributed by atoms with Gasteiger partial charge in [-0.25, -0.2) is 0 Å². The van der Waals surface area contributed by atoms with Crippen LogP contribution in [0.2, 0.25) is 0 Å². The molecule has 4 heteroatoms. The highest BCUT2D eigenvalue weighted by molar-refractivity contribution is 7.39. The van der Waals surface area contributed by atoms with Crippen LogP contribution in [0.3, 0.4) is 0 Å². The Morgan fingerprint density at radius 3 is 2.62 bits per heavy atom. The fourth-order valence-corrected chi connectivity index (χ4v) is 4.30. The quantitative estimate of drug-likeness (QED) is 0.347. The van der Waals surface area contributed by atoms with Gasteiger partial charge in [0.15, 0.2) is 0 Å². The highest BCUT2D eigenvalue weighted by atomic mass is 31.1. The molecule has 0 radical (unpaired) electrons. The van der Waals surface area contributed by atoms with Gasteiger partial charge in [0.25, 0.3) is 0 Å². The molecule has 2 aliphatic rings. The topological polar surface area (TPSA) is 64.1 Å². The van der Waals surface area contributed by atoms with E-state index in [2.05, 4.69) is 19.3 Å². The molecule has 0 bridgehead atoms. The van der Waals surface area contributed by atoms with Crippen molar-refractivity contribution in [1.82, 2.24) is 5.43 Å². The van der Waals surface area contributed by atoms with Crippen molar-refractivity contribution in [3.63, 3.8) is 0 Å². The normalized spacial score (nSPS) is 54.5. The smallest absolute Gasteiger partial charge is 0.0365 e. The third kappa shape index (κ3) is 1.75. The van der Waals surface area contributed by atoms with Gasteiger partial charge in [-0.2, -0.15) is 0 Å². The maximum atomic E-state index is 5.88. The van der Waals surface area contributed by atoms with E-state index in [1.807, 2.05) is 0 Å². The molecule has 0 amide bonds. The second-order valence-corrected chi connectivity index (χ2v) is 6.34. The summed E-state index contributed by atoms with van der Waals surface area (Å²) in [6.45, 7) is 4.47. The van der Waals surface area contributed by atoms with Gasteiger partial charge in [-0.1, -0.05) is 6.92 Å². The van der Waals surface area contributed by atoms with Crippen LogP contribution in [-0.2, 0) is 0 Å². The number of nitrogens with one attached hydrogen (secondary N) is 1. The molecule has 0 spiro atoms. The van der Waals surface area contributed by atoms with E-state index in [1.165, 1.54) is 12.6 Å². The summed E-state index contributed by atoms with van der Waals surface area (Å²) >= 11 is 0. The number of nitrogens with two attached hydrogens (primary N) is 2. The van der Waals surface area contributed by atoms with Crippen LogP contribution in [0.15, 0.2) is 0 Å². The first-order valence-electron chi connectivity index (χ1n) is 5.05. The molecular formula is C9H20N3P. The summed E-state index contributed by atoms with van der Waals surface area (Å²) in [4.78, 5) is 0. The Morgan fingerprint density at radius 1 is 1.62 bits per heavy atom. The van der Waals surface area contributed by atoms with Crippen molar-refractivity contribution in [3.8, 4) is 0 Å². The maximum absolute atomic E-state index is 5.88. The summed E-state index contributed by atoms with van der Waals surface area (Å²) in [5.74, 6) is 7.04. The van der Waals surface area contributed by atoms with Gasteiger partial charge in [0.05, 0.1) is 0 Å². The van der Waals surface area contributed by atoms with E-state index in [9.17, 15) is 0 Å². The molecule has 0 aromatic carbocycles. The predicted octanol–water partition coefficient (Wildman–Crippen LogP) is 0.252. The molecule has 76 valence electrons. The highest BCUT2D eigenvalue weighted by Crippen LogP contribution is 2.52. The zero-order valence-corrected chi connectivity index (χ0v) is 9.38. The minimum Gasteiger partial charge on any atom is -0.327 e. The molecule has 2 saturated carbocycles. The van der Waals surface area contributed by atoms with Crippen molar-refractivity contribution in [2.75, 3.05) is 6.16 Å². The molecule has 0 saturated heterocycles. The summed E-state index contributed by atoms with van der Waals surface area (Å²) in [6, 6.07) is 0.489. The van der Waals surface area contributed by atoms with Crippen LogP contribution in [0.1, 0.15) is 20.3 Å². The van der Waals surface area contributed by atoms with E-state index in [4.69, 9.17) is 11.6 Å². The van der Waals surface area contributed by atoms with Crippen LogP contribution in [0, 0.1) is 11.8 Å². The van der Waals surface area contributed by atoms with Crippen LogP contribution in [0.5, 0.6) is 0 Å². The van der Waals surface area contributed by atoms with E-state index in [0.29, 0.717) is 6.04 Å². The van der Waals surface area contributed by atoms with Crippen molar-refractivity contribution in [1.29, 1.82) is 0 Å². The van der Waals surface area contributed by atoms with Gasteiger partial charge in [0, 0.05) is 11.6 Å². The molecule has 2 aliphatic carbocycles. The third-order valence-electron chi connectivity index (χ3n) is 3.80. The van der Waals surface area contributed by atoms with Gasteiger partial charge in [0.1, 0.15) is 0 Å². The first kappa shape index (κ1) is 9.85. The molecular weight excluding hydrogens is 181 g/mol. The summed E-state index contributed by atoms with van der Waals surface area (Å²) in [5, 5.41) is 0. The van der Waals surface area contributed by atoms with Crippen molar-refractivity contribution < 1.29 is 0 Å². The summed E-state index contributed by atoms with van der Waals surface area (Å²) in [5.41, 5.74) is 9.86. The Bertz CT molecular complexity index is 203. The Hall–Kier alpha value is 0.310. The molecule has 3 nitrogen and oxygen atoms in total. The van der Waals surface area contributed by atoms with E-state index in [0.717, 1.165) is 26.1 Å². The lowest BCUT2D eigenvalue weighted by molar-refractivity contribution is 0.563. The van der Waals surface area contributed by atoms with E-state index in [-0.39, 0.29) is 5.54 Å². The standard InChI is InChI=1S/C9H20N3P/c1-5-6(8(5)10)4-13-7-3-9(7,2)12-11/h5-8,12-13H,3-4,10-11H2,1-2H3. The largest absolute Gasteiger partial charge is 0.327 e.